The molecule has 0 aliphatic heterocycles. The molecule has 0 amide bonds. The van der Waals surface area contributed by atoms with Gasteiger partial charge in [-0.25, -0.2) is 0 Å². The maximum Gasteiger partial charge on any atom is 0.310 e. The van der Waals surface area contributed by atoms with Gasteiger partial charge in [-0.3, -0.25) is 4.79 Å². The molecule has 0 saturated carbocycles. The Bertz CT molecular complexity index is 1550. The van der Waals surface area contributed by atoms with Gasteiger partial charge in [0.15, 0.2) is 0 Å². The Labute approximate surface area is 229 Å². The van der Waals surface area contributed by atoms with Gasteiger partial charge < -0.3 is 18.6 Å². The van der Waals surface area contributed by atoms with Crippen LogP contribution in [-0.2, 0) is 35.6 Å². The Balaban J connectivity index is 1.45. The Morgan fingerprint density at radius 3 is 2.41 bits per heavy atom. The van der Waals surface area contributed by atoms with Crippen LogP contribution in [0.4, 0.5) is 0 Å². The first kappa shape index (κ1) is 26.1. The van der Waals surface area contributed by atoms with Crippen molar-refractivity contribution in [2.45, 2.75) is 39.9 Å². The predicted octanol–water partition coefficient (Wildman–Crippen LogP) is 7.93. The molecule has 0 fully saturated rings. The fraction of sp³-hybridized carbons (Fsp3) is 0.206. The Morgan fingerprint density at radius 2 is 1.59 bits per heavy atom. The zero-order valence-corrected chi connectivity index (χ0v) is 22.3. The summed E-state index contributed by atoms with van der Waals surface area (Å²) in [5, 5.41) is 0.986. The molecule has 0 unspecified atom stereocenters. The smallest absolute Gasteiger partial charge is 0.310 e. The number of aryl methyl sites for hydroxylation is 1. The van der Waals surface area contributed by atoms with E-state index in [-0.39, 0.29) is 12.4 Å². The highest BCUT2D eigenvalue weighted by molar-refractivity contribution is 5.93. The minimum atomic E-state index is -0.267. The third-order valence-electron chi connectivity index (χ3n) is 6.50. The van der Waals surface area contributed by atoms with Gasteiger partial charge in [0.05, 0.1) is 13.0 Å². The summed E-state index contributed by atoms with van der Waals surface area (Å²) in [6, 6.07) is 32.1. The number of esters is 1. The topological polar surface area (TPSA) is 57.9 Å². The first-order valence-electron chi connectivity index (χ1n) is 13.3. The number of para-hydroxylation sites is 2. The highest BCUT2D eigenvalue weighted by Crippen LogP contribution is 2.34. The summed E-state index contributed by atoms with van der Waals surface area (Å²) in [6.45, 7) is 4.99. The van der Waals surface area contributed by atoms with Crippen LogP contribution in [0.3, 0.4) is 0 Å². The van der Waals surface area contributed by atoms with E-state index in [2.05, 4.69) is 43.3 Å². The number of rotatable bonds is 11. The predicted molar refractivity (Wildman–Crippen MR) is 153 cm³/mol. The van der Waals surface area contributed by atoms with Crippen LogP contribution < -0.4 is 9.47 Å². The summed E-state index contributed by atoms with van der Waals surface area (Å²) in [5.74, 6) is 1.95. The van der Waals surface area contributed by atoms with E-state index in [9.17, 15) is 4.79 Å². The van der Waals surface area contributed by atoms with E-state index in [1.54, 1.807) is 6.92 Å². The van der Waals surface area contributed by atoms with Gasteiger partial charge in [-0.05, 0) is 66.4 Å². The molecule has 5 rings (SSSR count). The molecule has 198 valence electrons. The fourth-order valence-electron chi connectivity index (χ4n) is 4.59. The number of fused-ring (bicyclic) bond motifs is 1. The van der Waals surface area contributed by atoms with E-state index >= 15 is 0 Å². The van der Waals surface area contributed by atoms with Crippen molar-refractivity contribution in [1.82, 2.24) is 0 Å². The van der Waals surface area contributed by atoms with Crippen LogP contribution in [0.1, 0.15) is 36.3 Å². The standard InChI is InChI=1S/C34H32O5/c1-3-24-11-10-13-26(17-24)31-19-25(22-38-32-16-9-8-12-27(32)21-33(35)36-4-2)18-28-20-30(39-34(28)31)23-37-29-14-6-5-7-15-29/h5-20H,3-4,21-23H2,1-2H3. The van der Waals surface area contributed by atoms with E-state index in [1.165, 1.54) is 5.56 Å². The molecule has 39 heavy (non-hydrogen) atoms. The number of ether oxygens (including phenoxy) is 3. The van der Waals surface area contributed by atoms with Crippen molar-refractivity contribution in [3.05, 3.63) is 120 Å². The Kier molecular flexibility index (Phi) is 8.27. The third-order valence-corrected chi connectivity index (χ3v) is 6.50. The number of benzene rings is 4. The van der Waals surface area contributed by atoms with Crippen molar-refractivity contribution in [3.8, 4) is 22.6 Å². The second-order valence-corrected chi connectivity index (χ2v) is 9.31. The molecule has 1 heterocycles. The van der Waals surface area contributed by atoms with Crippen LogP contribution in [0, 0.1) is 0 Å². The zero-order chi connectivity index (χ0) is 27.0. The number of furan rings is 1. The molecule has 5 heteroatoms. The fourth-order valence-corrected chi connectivity index (χ4v) is 4.59. The molecular weight excluding hydrogens is 488 g/mol. The minimum Gasteiger partial charge on any atom is -0.489 e. The molecule has 0 aliphatic carbocycles. The third kappa shape index (κ3) is 6.50. The second-order valence-electron chi connectivity index (χ2n) is 9.31. The van der Waals surface area contributed by atoms with Gasteiger partial charge in [0, 0.05) is 16.5 Å². The van der Waals surface area contributed by atoms with Crippen LogP contribution in [0.25, 0.3) is 22.1 Å². The summed E-state index contributed by atoms with van der Waals surface area (Å²) < 4.78 is 23.6. The normalized spacial score (nSPS) is 10.9. The Hall–Kier alpha value is -4.51. The van der Waals surface area contributed by atoms with Gasteiger partial charge in [0.1, 0.15) is 36.1 Å². The zero-order valence-electron chi connectivity index (χ0n) is 22.3. The molecule has 4 aromatic carbocycles. The van der Waals surface area contributed by atoms with Gasteiger partial charge >= 0.3 is 5.97 Å². The second kappa shape index (κ2) is 12.4. The van der Waals surface area contributed by atoms with E-state index in [1.807, 2.05) is 60.7 Å². The molecule has 0 radical (unpaired) electrons. The molecule has 0 atom stereocenters. The number of carbonyl (C=O) groups excluding carboxylic acids is 1. The lowest BCUT2D eigenvalue weighted by Crippen LogP contribution is -2.09. The molecule has 5 nitrogen and oxygen atoms in total. The molecule has 0 aliphatic rings. The van der Waals surface area contributed by atoms with Crippen molar-refractivity contribution >= 4 is 16.9 Å². The summed E-state index contributed by atoms with van der Waals surface area (Å²) in [5.41, 5.74) is 5.98. The molecule has 0 N–H and O–H groups in total. The van der Waals surface area contributed by atoms with Gasteiger partial charge in [-0.2, -0.15) is 0 Å². The molecule has 0 bridgehead atoms. The summed E-state index contributed by atoms with van der Waals surface area (Å²) in [6.07, 6.45) is 1.12. The van der Waals surface area contributed by atoms with Crippen molar-refractivity contribution in [3.63, 3.8) is 0 Å². The van der Waals surface area contributed by atoms with E-state index < -0.39 is 0 Å². The van der Waals surface area contributed by atoms with E-state index in [0.29, 0.717) is 25.6 Å². The monoisotopic (exact) mass is 520 g/mol. The first-order valence-corrected chi connectivity index (χ1v) is 13.3. The lowest BCUT2D eigenvalue weighted by atomic mass is 9.98. The largest absolute Gasteiger partial charge is 0.489 e. The van der Waals surface area contributed by atoms with Crippen LogP contribution >= 0.6 is 0 Å². The van der Waals surface area contributed by atoms with Crippen LogP contribution in [0.5, 0.6) is 11.5 Å². The van der Waals surface area contributed by atoms with E-state index in [4.69, 9.17) is 18.6 Å². The van der Waals surface area contributed by atoms with Gasteiger partial charge in [-0.1, -0.05) is 67.6 Å². The van der Waals surface area contributed by atoms with Crippen LogP contribution in [0.15, 0.2) is 101 Å². The number of carbonyl (C=O) groups is 1. The SMILES string of the molecule is CCOC(=O)Cc1ccccc1OCc1cc(-c2cccc(CC)c2)c2oc(COc3ccccc3)cc2c1. The van der Waals surface area contributed by atoms with Crippen molar-refractivity contribution < 1.29 is 23.4 Å². The molecule has 5 aromatic rings. The maximum absolute atomic E-state index is 12.1. The number of hydrogen-bond donors (Lipinski definition) is 0. The molecule has 0 saturated heterocycles. The summed E-state index contributed by atoms with van der Waals surface area (Å²) >= 11 is 0. The molecular formula is C34H32O5. The van der Waals surface area contributed by atoms with Crippen molar-refractivity contribution in [2.24, 2.45) is 0 Å². The van der Waals surface area contributed by atoms with Crippen LogP contribution in [0.2, 0.25) is 0 Å². The minimum absolute atomic E-state index is 0.171. The lowest BCUT2D eigenvalue weighted by Gasteiger charge is -2.13. The first-order chi connectivity index (χ1) is 19.1. The highest BCUT2D eigenvalue weighted by atomic mass is 16.5. The van der Waals surface area contributed by atoms with Gasteiger partial charge in [-0.15, -0.1) is 0 Å². The van der Waals surface area contributed by atoms with Crippen molar-refractivity contribution in [2.75, 3.05) is 6.61 Å². The summed E-state index contributed by atoms with van der Waals surface area (Å²) in [4.78, 5) is 12.1. The van der Waals surface area contributed by atoms with Gasteiger partial charge in [0.25, 0.3) is 0 Å². The average Bonchev–Trinajstić information content (AvgIpc) is 3.39. The molecule has 0 spiro atoms. The van der Waals surface area contributed by atoms with Crippen molar-refractivity contribution in [1.29, 1.82) is 0 Å². The lowest BCUT2D eigenvalue weighted by molar-refractivity contribution is -0.142. The molecule has 1 aromatic heterocycles. The average molecular weight is 521 g/mol. The summed E-state index contributed by atoms with van der Waals surface area (Å²) in [7, 11) is 0. The van der Waals surface area contributed by atoms with Crippen LogP contribution in [-0.4, -0.2) is 12.6 Å². The van der Waals surface area contributed by atoms with E-state index in [0.717, 1.165) is 51.2 Å². The maximum atomic E-state index is 12.1. The Morgan fingerprint density at radius 1 is 0.769 bits per heavy atom. The van der Waals surface area contributed by atoms with Gasteiger partial charge in [0.2, 0.25) is 0 Å². The quantitative estimate of drug-likeness (QED) is 0.166. The highest BCUT2D eigenvalue weighted by Gasteiger charge is 2.15. The number of hydrogen-bond acceptors (Lipinski definition) is 5.